The lowest BCUT2D eigenvalue weighted by molar-refractivity contribution is -0.400. The molecule has 0 unspecified atom stereocenters. The predicted molar refractivity (Wildman–Crippen MR) is 289 cm³/mol. The van der Waals surface area contributed by atoms with Crippen molar-refractivity contribution in [2.24, 2.45) is 0 Å². The minimum Gasteiger partial charge on any atom is -0.454 e. The second kappa shape index (κ2) is 34.6. The van der Waals surface area contributed by atoms with Gasteiger partial charge in [0.2, 0.25) is 0 Å². The predicted octanol–water partition coefficient (Wildman–Crippen LogP) is 2.71. The number of esters is 2. The fourth-order valence-corrected chi connectivity index (χ4v) is 11.8. The van der Waals surface area contributed by atoms with Crippen LogP contribution in [0.25, 0.3) is 0 Å². The lowest BCUT2D eigenvalue weighted by atomic mass is 9.95. The highest BCUT2D eigenvalue weighted by Crippen LogP contribution is 2.39. The molecule has 26 atom stereocenters. The SMILES string of the molecule is CCCCCCCCCCCC(=O)O[C@H]1[C@H](O[C@@H]2[C@@H](O)[C@H]3OC(=O)CCCCCCCCC[C@H](CCCCC)O[C@@H]4O[C@H](C)[C@H](O)[C@H](O)[C@H]4O[C@@H]3O[C@H]2C)O[C@@H](C)[C@H](O[C@@H]2O[C@@H](C)[C@H](O)[C@@H](O)[C@H]2O)[C@H]1O[C@@H]1O[C@H](CO)[C@@H](O)[C@H](O)[C@H]1O. The number of fused-ring (bicyclic) bond motifs is 2. The Morgan fingerprint density at radius 3 is 1.65 bits per heavy atom. The first kappa shape index (κ1) is 69.2. The first-order valence-corrected chi connectivity index (χ1v) is 31.0. The highest BCUT2D eigenvalue weighted by molar-refractivity contribution is 5.70. The number of aliphatic hydroxyl groups is 10. The van der Waals surface area contributed by atoms with Gasteiger partial charge in [0.05, 0.1) is 37.1 Å². The van der Waals surface area contributed by atoms with Crippen LogP contribution in [0, 0.1) is 0 Å². The van der Waals surface area contributed by atoms with Crippen LogP contribution in [0.4, 0.5) is 0 Å². The molecule has 0 saturated carbocycles. The molecule has 24 heteroatoms. The van der Waals surface area contributed by atoms with Gasteiger partial charge in [0.1, 0.15) is 85.5 Å². The van der Waals surface area contributed by atoms with Crippen LogP contribution in [0.5, 0.6) is 0 Å². The van der Waals surface area contributed by atoms with Gasteiger partial charge in [-0.15, -0.1) is 0 Å². The van der Waals surface area contributed by atoms with E-state index in [9.17, 15) is 60.7 Å². The Hall–Kier alpha value is -1.86. The maximum Gasteiger partial charge on any atom is 0.306 e. The van der Waals surface area contributed by atoms with E-state index in [-0.39, 0.29) is 18.9 Å². The first-order valence-electron chi connectivity index (χ1n) is 31.0. The van der Waals surface area contributed by atoms with Crippen LogP contribution in [0.3, 0.4) is 0 Å². The number of ether oxygens (including phenoxy) is 12. The number of rotatable bonds is 22. The van der Waals surface area contributed by atoms with Crippen LogP contribution < -0.4 is 0 Å². The van der Waals surface area contributed by atoms with Gasteiger partial charge in [-0.3, -0.25) is 9.59 Å². The molecule has 10 N–H and O–H groups in total. The van der Waals surface area contributed by atoms with Gasteiger partial charge in [-0.1, -0.05) is 123 Å². The molecule has 24 nitrogen and oxygen atoms in total. The highest BCUT2D eigenvalue weighted by atomic mass is 16.8. The van der Waals surface area contributed by atoms with Gasteiger partial charge in [-0.05, 0) is 53.4 Å². The highest BCUT2D eigenvalue weighted by Gasteiger charge is 2.58. The topological polar surface area (TPSA) is 347 Å². The summed E-state index contributed by atoms with van der Waals surface area (Å²) < 4.78 is 75.6. The third kappa shape index (κ3) is 19.1. The molecule has 0 amide bonds. The van der Waals surface area contributed by atoms with E-state index >= 15 is 0 Å². The lowest BCUT2D eigenvalue weighted by Crippen LogP contribution is -2.68. The van der Waals surface area contributed by atoms with Gasteiger partial charge in [0.15, 0.2) is 43.7 Å². The molecule has 0 spiro atoms. The van der Waals surface area contributed by atoms with E-state index in [1.54, 1.807) is 6.92 Å². The molecule has 6 aliphatic rings. The molecule has 0 aromatic rings. The van der Waals surface area contributed by atoms with Gasteiger partial charge in [0.25, 0.3) is 0 Å². The number of carbonyl (C=O) groups is 2. The van der Waals surface area contributed by atoms with Gasteiger partial charge in [-0.2, -0.15) is 0 Å². The Morgan fingerprint density at radius 2 is 0.976 bits per heavy atom. The van der Waals surface area contributed by atoms with E-state index in [1.165, 1.54) is 27.2 Å². The van der Waals surface area contributed by atoms with Crippen molar-refractivity contribution in [3.63, 3.8) is 0 Å². The third-order valence-electron chi connectivity index (χ3n) is 17.0. The van der Waals surface area contributed by atoms with Crippen LogP contribution in [-0.2, 0) is 66.4 Å². The Morgan fingerprint density at radius 1 is 0.463 bits per heavy atom. The molecule has 6 saturated heterocycles. The maximum atomic E-state index is 14.2. The fraction of sp³-hybridized carbons (Fsp3) is 0.966. The van der Waals surface area contributed by atoms with Crippen LogP contribution in [0.2, 0.25) is 0 Å². The van der Waals surface area contributed by atoms with Crippen molar-refractivity contribution in [2.45, 2.75) is 349 Å². The Bertz CT molecular complexity index is 1820. The normalized spacial score (nSPS) is 43.1. The summed E-state index contributed by atoms with van der Waals surface area (Å²) in [6.45, 7) is 9.49. The third-order valence-corrected chi connectivity index (χ3v) is 17.0. The van der Waals surface area contributed by atoms with Gasteiger partial charge < -0.3 is 108 Å². The summed E-state index contributed by atoms with van der Waals surface area (Å²) in [4.78, 5) is 28.0. The van der Waals surface area contributed by atoms with Crippen molar-refractivity contribution in [1.82, 2.24) is 0 Å². The molecule has 478 valence electrons. The van der Waals surface area contributed by atoms with E-state index in [0.717, 1.165) is 103 Å². The molecular formula is C58H102O24. The van der Waals surface area contributed by atoms with Gasteiger partial charge >= 0.3 is 11.9 Å². The molecule has 0 aromatic carbocycles. The van der Waals surface area contributed by atoms with E-state index in [0.29, 0.717) is 25.7 Å². The quantitative estimate of drug-likeness (QED) is 0.0550. The molecule has 0 aromatic heterocycles. The van der Waals surface area contributed by atoms with E-state index in [2.05, 4.69) is 13.8 Å². The van der Waals surface area contributed by atoms with E-state index in [4.69, 9.17) is 56.8 Å². The summed E-state index contributed by atoms with van der Waals surface area (Å²) in [5, 5.41) is 111. The summed E-state index contributed by atoms with van der Waals surface area (Å²) in [5.41, 5.74) is 0. The zero-order valence-corrected chi connectivity index (χ0v) is 49.2. The summed E-state index contributed by atoms with van der Waals surface area (Å²) in [6.07, 6.45) is -20.9. The number of aliphatic hydroxyl groups excluding tert-OH is 10. The molecule has 82 heavy (non-hydrogen) atoms. The first-order chi connectivity index (χ1) is 39.3. The van der Waals surface area contributed by atoms with Crippen molar-refractivity contribution >= 4 is 11.9 Å². The Kier molecular flexibility index (Phi) is 29.2. The number of carbonyl (C=O) groups excluding carboxylic acids is 2. The maximum absolute atomic E-state index is 14.2. The van der Waals surface area contributed by atoms with Crippen molar-refractivity contribution in [3.8, 4) is 0 Å². The molecule has 0 radical (unpaired) electrons. The number of unbranched alkanes of at least 4 members (excludes halogenated alkanes) is 10. The second-order valence-electron chi connectivity index (χ2n) is 23.6. The zero-order chi connectivity index (χ0) is 59.6. The molecule has 0 bridgehead atoms. The van der Waals surface area contributed by atoms with E-state index < -0.39 is 172 Å². The summed E-state index contributed by atoms with van der Waals surface area (Å²) >= 11 is 0. The monoisotopic (exact) mass is 1180 g/mol. The minimum absolute atomic E-state index is 0.0274. The average molecular weight is 1180 g/mol. The Labute approximate surface area is 483 Å². The second-order valence-corrected chi connectivity index (χ2v) is 23.6. The number of hydrogen-bond acceptors (Lipinski definition) is 24. The fourth-order valence-electron chi connectivity index (χ4n) is 11.8. The molecule has 0 aliphatic carbocycles. The van der Waals surface area contributed by atoms with Crippen LogP contribution in [0.15, 0.2) is 0 Å². The van der Waals surface area contributed by atoms with E-state index in [1.807, 2.05) is 0 Å². The summed E-state index contributed by atoms with van der Waals surface area (Å²) in [7, 11) is 0. The molecule has 6 fully saturated rings. The van der Waals surface area contributed by atoms with Crippen molar-refractivity contribution in [2.75, 3.05) is 6.61 Å². The van der Waals surface area contributed by atoms with Crippen LogP contribution >= 0.6 is 0 Å². The van der Waals surface area contributed by atoms with Crippen LogP contribution in [0.1, 0.15) is 189 Å². The van der Waals surface area contributed by atoms with Gasteiger partial charge in [0, 0.05) is 12.8 Å². The zero-order valence-electron chi connectivity index (χ0n) is 49.2. The molecular weight excluding hydrogens is 1080 g/mol. The largest absolute Gasteiger partial charge is 0.454 e. The van der Waals surface area contributed by atoms with Gasteiger partial charge in [-0.25, -0.2) is 0 Å². The van der Waals surface area contributed by atoms with Crippen molar-refractivity contribution < 1.29 is 117 Å². The standard InChI is InChI=1S/C58H102O24/c1-7-9-11-12-13-14-17-20-25-29-38(61)78-53-52(82-55-46(69)43(66)41(64)36(30-59)76-55)49(80-54-45(68)42(65)39(62)31(3)71-54)34(6)74-58(53)79-48-33(5)73-57-51(47(48)70)77-37(60)28-24-21-18-15-16-19-23-27-35(26-22-10-8-2)75-56-50(81-57)44(67)40(63)32(4)72-56/h31-36,39-59,62-70H,7-30H2,1-6H3/t31-,32+,33-,34-,35-,36+,39-,40-,41+,42+,43-,44-,45+,46+,47+,48-,49-,50+,51+,52+,53+,54-,55-,56-,57-,58-/m0/s1. The average Bonchev–Trinajstić information content (AvgIpc) is 3.61. The Balaban J connectivity index is 1.34. The van der Waals surface area contributed by atoms with Crippen molar-refractivity contribution in [1.29, 1.82) is 0 Å². The van der Waals surface area contributed by atoms with Crippen molar-refractivity contribution in [3.05, 3.63) is 0 Å². The number of hydrogen-bond donors (Lipinski definition) is 10. The lowest BCUT2D eigenvalue weighted by Gasteiger charge is -2.51. The minimum atomic E-state index is -1.99. The van der Waals surface area contributed by atoms with Crippen LogP contribution in [-0.4, -0.2) is 229 Å². The molecule has 6 heterocycles. The smallest absolute Gasteiger partial charge is 0.306 e. The molecule has 6 rings (SSSR count). The summed E-state index contributed by atoms with van der Waals surface area (Å²) in [6, 6.07) is 0. The molecule has 6 aliphatic heterocycles. The summed E-state index contributed by atoms with van der Waals surface area (Å²) in [5.74, 6) is -1.47.